The number of rotatable bonds is 1. The Morgan fingerprint density at radius 1 is 1.19 bits per heavy atom. The Hall–Kier alpha value is -0.510. The van der Waals surface area contributed by atoms with E-state index in [1.54, 1.807) is 0 Å². The maximum Gasteiger partial charge on any atom is 0.150 e. The summed E-state index contributed by atoms with van der Waals surface area (Å²) in [5, 5.41) is 5.97. The molecule has 4 heteroatoms. The maximum atomic E-state index is 12.8. The van der Waals surface area contributed by atoms with Crippen molar-refractivity contribution >= 4 is 22.6 Å². The fourth-order valence-corrected chi connectivity index (χ4v) is 6.99. The molecule has 4 aliphatic rings. The van der Waals surface area contributed by atoms with Gasteiger partial charge in [0.05, 0.1) is 16.3 Å². The molecule has 0 radical (unpaired) electrons. The van der Waals surface area contributed by atoms with Gasteiger partial charge in [0.1, 0.15) is 5.78 Å². The predicted molar refractivity (Wildman–Crippen MR) is 87.3 cm³/mol. The largest absolute Gasteiger partial charge is 0.306 e. The summed E-state index contributed by atoms with van der Waals surface area (Å²) in [5.74, 6) is 1.35. The Labute approximate surface area is 131 Å². The molecule has 3 saturated carbocycles. The standard InChI is InChI=1S/C17H26N2OS/c1-16(2)11-8-9-17(16,3)14(13(11)20)21-15-10-6-4-5-7-12(10)18-19-15/h10-12,14,18H,4-9H2,1-3H3/t10-,11+,12+,14-,17+/m1/s1. The number of nitrogens with zero attached hydrogens (tertiary/aromatic N) is 1. The third-order valence-corrected chi connectivity index (χ3v) is 8.76. The van der Waals surface area contributed by atoms with Crippen molar-refractivity contribution in [2.75, 3.05) is 0 Å². The molecule has 116 valence electrons. The number of thioether (sulfide) groups is 1. The Morgan fingerprint density at radius 3 is 2.67 bits per heavy atom. The van der Waals surface area contributed by atoms with Gasteiger partial charge in [0, 0.05) is 11.8 Å². The van der Waals surface area contributed by atoms with Crippen LogP contribution in [-0.4, -0.2) is 22.1 Å². The maximum absolute atomic E-state index is 12.8. The van der Waals surface area contributed by atoms with Crippen molar-refractivity contribution in [2.45, 2.75) is 70.6 Å². The van der Waals surface area contributed by atoms with Gasteiger partial charge < -0.3 is 5.43 Å². The number of hydrazone groups is 1. The number of carbonyl (C=O) groups excluding carboxylic acids is 1. The topological polar surface area (TPSA) is 41.5 Å². The molecule has 0 spiro atoms. The van der Waals surface area contributed by atoms with E-state index in [2.05, 4.69) is 31.3 Å². The number of carbonyl (C=O) groups is 1. The lowest BCUT2D eigenvalue weighted by Gasteiger charge is -2.38. The van der Waals surface area contributed by atoms with Gasteiger partial charge in [0.15, 0.2) is 0 Å². The van der Waals surface area contributed by atoms with E-state index in [9.17, 15) is 4.79 Å². The highest BCUT2D eigenvalue weighted by molar-refractivity contribution is 8.15. The second kappa shape index (κ2) is 4.50. The zero-order chi connectivity index (χ0) is 14.8. The number of ketones is 1. The van der Waals surface area contributed by atoms with Gasteiger partial charge in [-0.1, -0.05) is 45.4 Å². The minimum absolute atomic E-state index is 0.132. The fraction of sp³-hybridized carbons (Fsp3) is 0.882. The molecular weight excluding hydrogens is 280 g/mol. The van der Waals surface area contributed by atoms with Gasteiger partial charge in [-0.2, -0.15) is 5.10 Å². The van der Waals surface area contributed by atoms with Crippen LogP contribution in [0.4, 0.5) is 0 Å². The van der Waals surface area contributed by atoms with Crippen LogP contribution in [0.5, 0.6) is 0 Å². The van der Waals surface area contributed by atoms with Crippen molar-refractivity contribution in [2.24, 2.45) is 27.8 Å². The van der Waals surface area contributed by atoms with Crippen molar-refractivity contribution in [1.82, 2.24) is 5.43 Å². The zero-order valence-corrected chi connectivity index (χ0v) is 14.1. The van der Waals surface area contributed by atoms with Crippen LogP contribution in [0.25, 0.3) is 0 Å². The van der Waals surface area contributed by atoms with E-state index in [1.165, 1.54) is 37.1 Å². The van der Waals surface area contributed by atoms with Gasteiger partial charge in [-0.25, -0.2) is 0 Å². The highest BCUT2D eigenvalue weighted by Gasteiger charge is 2.66. The van der Waals surface area contributed by atoms with E-state index in [1.807, 2.05) is 11.8 Å². The molecule has 2 bridgehead atoms. The zero-order valence-electron chi connectivity index (χ0n) is 13.3. The molecular formula is C17H26N2OS. The van der Waals surface area contributed by atoms with Crippen LogP contribution < -0.4 is 5.43 Å². The lowest BCUT2D eigenvalue weighted by Crippen LogP contribution is -2.38. The van der Waals surface area contributed by atoms with Crippen molar-refractivity contribution in [3.63, 3.8) is 0 Å². The molecule has 3 fully saturated rings. The molecule has 0 amide bonds. The summed E-state index contributed by atoms with van der Waals surface area (Å²) in [4.78, 5) is 12.8. The highest BCUT2D eigenvalue weighted by Crippen LogP contribution is 2.67. The molecule has 1 N–H and O–H groups in total. The van der Waals surface area contributed by atoms with Gasteiger partial charge >= 0.3 is 0 Å². The van der Waals surface area contributed by atoms with Crippen LogP contribution in [0.1, 0.15) is 59.3 Å². The third kappa shape index (κ3) is 1.74. The SMILES string of the molecule is CC1(C)[C@H]2CC[C@@]1(C)[C@H](SC1=NN[C@H]3CCCC[C@@H]13)C2=O. The van der Waals surface area contributed by atoms with Crippen molar-refractivity contribution in [3.05, 3.63) is 0 Å². The number of nitrogens with one attached hydrogen (secondary N) is 1. The predicted octanol–water partition coefficient (Wildman–Crippen LogP) is 3.59. The Balaban J connectivity index is 1.57. The first-order chi connectivity index (χ1) is 9.95. The monoisotopic (exact) mass is 306 g/mol. The minimum atomic E-state index is 0.132. The quantitative estimate of drug-likeness (QED) is 0.805. The first-order valence-corrected chi connectivity index (χ1v) is 9.36. The number of hydrogen-bond donors (Lipinski definition) is 1. The molecule has 4 rings (SSSR count). The van der Waals surface area contributed by atoms with Crippen LogP contribution in [-0.2, 0) is 4.79 Å². The number of fused-ring (bicyclic) bond motifs is 3. The van der Waals surface area contributed by atoms with Gasteiger partial charge in [0.2, 0.25) is 0 Å². The lowest BCUT2D eigenvalue weighted by molar-refractivity contribution is -0.122. The lowest BCUT2D eigenvalue weighted by atomic mass is 9.71. The molecule has 0 aromatic carbocycles. The first-order valence-electron chi connectivity index (χ1n) is 8.48. The second-order valence-electron chi connectivity index (χ2n) is 8.21. The first kappa shape index (κ1) is 14.1. The molecule has 0 aromatic heterocycles. The summed E-state index contributed by atoms with van der Waals surface area (Å²) < 4.78 is 0. The Kier molecular flexibility index (Phi) is 3.02. The van der Waals surface area contributed by atoms with Crippen molar-refractivity contribution in [1.29, 1.82) is 0 Å². The normalized spacial score (nSPS) is 47.2. The van der Waals surface area contributed by atoms with Crippen LogP contribution in [0.15, 0.2) is 5.10 Å². The minimum Gasteiger partial charge on any atom is -0.306 e. The second-order valence-corrected chi connectivity index (χ2v) is 9.33. The van der Waals surface area contributed by atoms with E-state index in [0.717, 1.165) is 6.42 Å². The van der Waals surface area contributed by atoms with E-state index in [4.69, 9.17) is 0 Å². The van der Waals surface area contributed by atoms with Gasteiger partial charge in [-0.3, -0.25) is 4.79 Å². The van der Waals surface area contributed by atoms with Crippen molar-refractivity contribution in [3.8, 4) is 0 Å². The summed E-state index contributed by atoms with van der Waals surface area (Å²) in [6.45, 7) is 6.96. The summed E-state index contributed by atoms with van der Waals surface area (Å²) in [6.07, 6.45) is 7.40. The van der Waals surface area contributed by atoms with Crippen LogP contribution in [0.3, 0.4) is 0 Å². The summed E-state index contributed by atoms with van der Waals surface area (Å²) >= 11 is 1.81. The van der Waals surface area contributed by atoms with Gasteiger partial charge in [0.25, 0.3) is 0 Å². The van der Waals surface area contributed by atoms with E-state index < -0.39 is 0 Å². The smallest absolute Gasteiger partial charge is 0.150 e. The Morgan fingerprint density at radius 2 is 1.95 bits per heavy atom. The molecule has 5 atom stereocenters. The molecule has 0 unspecified atom stereocenters. The molecule has 0 aromatic rings. The fourth-order valence-electron chi connectivity index (χ4n) is 5.22. The average molecular weight is 306 g/mol. The van der Waals surface area contributed by atoms with Gasteiger partial charge in [-0.05, 0) is 36.5 Å². The van der Waals surface area contributed by atoms with Crippen LogP contribution in [0, 0.1) is 22.7 Å². The highest BCUT2D eigenvalue weighted by atomic mass is 32.2. The van der Waals surface area contributed by atoms with Crippen LogP contribution in [0.2, 0.25) is 0 Å². The number of hydrogen-bond acceptors (Lipinski definition) is 4. The molecule has 21 heavy (non-hydrogen) atoms. The summed E-state index contributed by atoms with van der Waals surface area (Å²) in [7, 11) is 0. The molecule has 1 aliphatic heterocycles. The molecule has 1 heterocycles. The van der Waals surface area contributed by atoms with Gasteiger partial charge in [-0.15, -0.1) is 0 Å². The summed E-state index contributed by atoms with van der Waals surface area (Å²) in [5.41, 5.74) is 3.63. The van der Waals surface area contributed by atoms with Crippen molar-refractivity contribution < 1.29 is 4.79 Å². The van der Waals surface area contributed by atoms with E-state index in [-0.39, 0.29) is 22.0 Å². The molecule has 3 aliphatic carbocycles. The average Bonchev–Trinajstić information content (AvgIpc) is 2.99. The summed E-state index contributed by atoms with van der Waals surface area (Å²) in [6, 6.07) is 0.538. The third-order valence-electron chi connectivity index (χ3n) is 7.14. The number of Topliss-reactive ketones (excluding diaryl/α,β-unsaturated/α-hetero) is 1. The van der Waals surface area contributed by atoms with E-state index >= 15 is 0 Å². The molecule has 3 nitrogen and oxygen atoms in total. The Bertz CT molecular complexity index is 515. The molecule has 0 saturated heterocycles. The van der Waals surface area contributed by atoms with Crippen LogP contribution >= 0.6 is 11.8 Å². The van der Waals surface area contributed by atoms with E-state index in [0.29, 0.717) is 17.7 Å².